The van der Waals surface area contributed by atoms with Crippen LogP contribution in [0.25, 0.3) is 5.70 Å². The Morgan fingerprint density at radius 1 is 1.27 bits per heavy atom. The van der Waals surface area contributed by atoms with Gasteiger partial charge in [0.05, 0.1) is 0 Å². The van der Waals surface area contributed by atoms with Crippen LogP contribution in [0, 0.1) is 11.3 Å². The summed E-state index contributed by atoms with van der Waals surface area (Å²) in [5, 5.41) is 3.37. The second-order valence-electron chi connectivity index (χ2n) is 9.40. The van der Waals surface area contributed by atoms with Gasteiger partial charge in [-0.3, -0.25) is 0 Å². The molecule has 2 nitrogen and oxygen atoms in total. The third kappa shape index (κ3) is 6.47. The fourth-order valence-electron chi connectivity index (χ4n) is 4.26. The maximum Gasteiger partial charge on any atom is 0.270 e. The van der Waals surface area contributed by atoms with Gasteiger partial charge in [0.1, 0.15) is 11.9 Å². The zero-order valence-corrected chi connectivity index (χ0v) is 21.1. The third-order valence-electron chi connectivity index (χ3n) is 6.48. The average molecular weight is 474 g/mol. The van der Waals surface area contributed by atoms with E-state index in [2.05, 4.69) is 63.0 Å². The largest absolute Gasteiger partial charge is 0.485 e. The molecule has 3 unspecified atom stereocenters. The van der Waals surface area contributed by atoms with Crippen LogP contribution in [-0.4, -0.2) is 12.5 Å². The quantitative estimate of drug-likeness (QED) is 0.347. The summed E-state index contributed by atoms with van der Waals surface area (Å²) < 4.78 is 33.6. The summed E-state index contributed by atoms with van der Waals surface area (Å²) in [4.78, 5) is 2.36. The van der Waals surface area contributed by atoms with Crippen molar-refractivity contribution >= 4 is 17.0 Å². The number of halogens is 2. The molecular formula is C28H37F2NOS. The van der Waals surface area contributed by atoms with Crippen LogP contribution in [0.2, 0.25) is 0 Å². The lowest BCUT2D eigenvalue weighted by molar-refractivity contribution is 0.0658. The molecule has 1 aromatic heterocycles. The molecule has 0 saturated carbocycles. The molecule has 0 radical (unpaired) electrons. The third-order valence-corrected chi connectivity index (χ3v) is 7.72. The van der Waals surface area contributed by atoms with E-state index >= 15 is 0 Å². The van der Waals surface area contributed by atoms with E-state index in [1.165, 1.54) is 4.88 Å². The highest BCUT2D eigenvalue weighted by Gasteiger charge is 2.35. The van der Waals surface area contributed by atoms with Crippen molar-refractivity contribution in [2.75, 3.05) is 6.54 Å². The summed E-state index contributed by atoms with van der Waals surface area (Å²) in [5.41, 5.74) is 0.921. The van der Waals surface area contributed by atoms with Crippen LogP contribution >= 0.6 is 11.3 Å². The minimum absolute atomic E-state index is 0.0163. The average Bonchev–Trinajstić information content (AvgIpc) is 3.28. The molecule has 0 amide bonds. The smallest absolute Gasteiger partial charge is 0.270 e. The van der Waals surface area contributed by atoms with E-state index in [0.717, 1.165) is 55.5 Å². The van der Waals surface area contributed by atoms with Crippen molar-refractivity contribution in [3.63, 3.8) is 0 Å². The van der Waals surface area contributed by atoms with Gasteiger partial charge in [0.2, 0.25) is 0 Å². The fourth-order valence-corrected chi connectivity index (χ4v) is 5.28. The first kappa shape index (κ1) is 25.5. The first-order valence-electron chi connectivity index (χ1n) is 12.0. The Bertz CT molecular complexity index is 949. The predicted octanol–water partition coefficient (Wildman–Crippen LogP) is 8.58. The second kappa shape index (κ2) is 10.9. The van der Waals surface area contributed by atoms with Crippen LogP contribution in [-0.2, 0) is 4.74 Å². The standard InChI is InChI=1S/C28H37F2NOS/c1-6-8-24(26-14-13-25(33-26)20(3)31-19-7-2)32-23-11-9-21(10-12-23)27(4)17-15-22(16-18-27)28(5,29)30/h9,11-17,21,24,31H,3,6-8,10,18-19H2,1-2,4-5H3. The van der Waals surface area contributed by atoms with Crippen molar-refractivity contribution < 1.29 is 13.5 Å². The fraction of sp³-hybridized carbons (Fsp3) is 0.500. The molecule has 0 aliphatic heterocycles. The van der Waals surface area contributed by atoms with E-state index in [-0.39, 0.29) is 23.0 Å². The van der Waals surface area contributed by atoms with E-state index in [4.69, 9.17) is 4.74 Å². The lowest BCUT2D eigenvalue weighted by Crippen LogP contribution is -2.27. The molecule has 3 rings (SSSR count). The zero-order chi connectivity index (χ0) is 24.1. The van der Waals surface area contributed by atoms with Crippen molar-refractivity contribution in [2.45, 2.75) is 71.8 Å². The molecule has 1 aromatic rings. The van der Waals surface area contributed by atoms with E-state index in [1.807, 2.05) is 6.08 Å². The first-order valence-corrected chi connectivity index (χ1v) is 12.8. The molecule has 3 atom stereocenters. The second-order valence-corrected chi connectivity index (χ2v) is 10.5. The Kier molecular flexibility index (Phi) is 8.38. The van der Waals surface area contributed by atoms with Crippen LogP contribution in [0.1, 0.15) is 75.7 Å². The van der Waals surface area contributed by atoms with Gasteiger partial charge < -0.3 is 10.1 Å². The summed E-state index contributed by atoms with van der Waals surface area (Å²) in [6.45, 7) is 12.5. The highest BCUT2D eigenvalue weighted by Crippen LogP contribution is 2.44. The van der Waals surface area contributed by atoms with E-state index < -0.39 is 5.92 Å². The summed E-state index contributed by atoms with van der Waals surface area (Å²) in [7, 11) is 0. The van der Waals surface area contributed by atoms with Gasteiger partial charge in [-0.2, -0.15) is 0 Å². The Labute approximate surface area is 201 Å². The topological polar surface area (TPSA) is 21.3 Å². The van der Waals surface area contributed by atoms with Gasteiger partial charge >= 0.3 is 0 Å². The van der Waals surface area contributed by atoms with Crippen LogP contribution in [0.15, 0.2) is 66.5 Å². The molecule has 0 fully saturated rings. The normalized spacial score (nSPS) is 23.6. The monoisotopic (exact) mass is 473 g/mol. The molecule has 0 bridgehead atoms. The molecule has 0 spiro atoms. The van der Waals surface area contributed by atoms with Gasteiger partial charge in [0.15, 0.2) is 0 Å². The molecule has 0 aromatic carbocycles. The van der Waals surface area contributed by atoms with Gasteiger partial charge in [0, 0.05) is 34.5 Å². The lowest BCUT2D eigenvalue weighted by atomic mass is 9.69. The highest BCUT2D eigenvalue weighted by molar-refractivity contribution is 7.13. The number of hydrogen-bond donors (Lipinski definition) is 1. The number of hydrogen-bond acceptors (Lipinski definition) is 3. The molecule has 2 aliphatic carbocycles. The Balaban J connectivity index is 1.63. The molecule has 0 saturated heterocycles. The van der Waals surface area contributed by atoms with E-state index in [9.17, 15) is 8.78 Å². The lowest BCUT2D eigenvalue weighted by Gasteiger charge is -2.36. The minimum Gasteiger partial charge on any atom is -0.485 e. The summed E-state index contributed by atoms with van der Waals surface area (Å²) >= 11 is 1.74. The van der Waals surface area contributed by atoms with Gasteiger partial charge in [-0.25, -0.2) is 8.78 Å². The summed E-state index contributed by atoms with van der Waals surface area (Å²) in [5.74, 6) is -1.63. The Hall–Kier alpha value is -2.14. The highest BCUT2D eigenvalue weighted by atomic mass is 32.1. The van der Waals surface area contributed by atoms with Gasteiger partial charge in [0.25, 0.3) is 5.92 Å². The Morgan fingerprint density at radius 2 is 2.06 bits per heavy atom. The molecule has 5 heteroatoms. The molecule has 33 heavy (non-hydrogen) atoms. The molecule has 1 N–H and O–H groups in total. The van der Waals surface area contributed by atoms with E-state index in [1.54, 1.807) is 23.5 Å². The Morgan fingerprint density at radius 3 is 2.64 bits per heavy atom. The van der Waals surface area contributed by atoms with E-state index in [0.29, 0.717) is 6.42 Å². The summed E-state index contributed by atoms with van der Waals surface area (Å²) in [6, 6.07) is 4.27. The number of ether oxygens (including phenoxy) is 1. The van der Waals surface area contributed by atoms with Crippen LogP contribution in [0.5, 0.6) is 0 Å². The maximum atomic E-state index is 13.6. The molecular weight excluding hydrogens is 436 g/mol. The molecule has 180 valence electrons. The van der Waals surface area contributed by atoms with Crippen molar-refractivity contribution in [2.24, 2.45) is 11.3 Å². The number of allylic oxidation sites excluding steroid dienone is 7. The van der Waals surface area contributed by atoms with Crippen LogP contribution in [0.3, 0.4) is 0 Å². The minimum atomic E-state index is -2.78. The summed E-state index contributed by atoms with van der Waals surface area (Å²) in [6.07, 6.45) is 16.2. The maximum absolute atomic E-state index is 13.6. The van der Waals surface area contributed by atoms with Gasteiger partial charge in [-0.1, -0.05) is 58.1 Å². The van der Waals surface area contributed by atoms with Crippen LogP contribution < -0.4 is 5.32 Å². The molecule has 2 aliphatic rings. The SMILES string of the molecule is C=C(NCCC)c1ccc(C(CCC)OC2=CCC(C3(C)C=CC(C(C)(F)F)=CC3)C=C2)s1. The van der Waals surface area contributed by atoms with Crippen molar-refractivity contribution in [3.05, 3.63) is 76.3 Å². The number of alkyl halides is 2. The van der Waals surface area contributed by atoms with Crippen LogP contribution in [0.4, 0.5) is 8.78 Å². The van der Waals surface area contributed by atoms with Gasteiger partial charge in [-0.15, -0.1) is 11.3 Å². The van der Waals surface area contributed by atoms with Crippen molar-refractivity contribution in [1.29, 1.82) is 0 Å². The number of nitrogens with one attached hydrogen (secondary N) is 1. The first-order chi connectivity index (χ1) is 15.7. The zero-order valence-electron chi connectivity index (χ0n) is 20.3. The predicted molar refractivity (Wildman–Crippen MR) is 136 cm³/mol. The molecule has 1 heterocycles. The number of rotatable bonds is 11. The van der Waals surface area contributed by atoms with Gasteiger partial charge in [-0.05, 0) is 61.3 Å². The van der Waals surface area contributed by atoms with Crippen molar-refractivity contribution in [1.82, 2.24) is 5.32 Å². The van der Waals surface area contributed by atoms with Crippen molar-refractivity contribution in [3.8, 4) is 0 Å². The number of thiophene rings is 1.